The minimum atomic E-state index is 0.673. The molecule has 1 aromatic rings. The average Bonchev–Trinajstić information content (AvgIpc) is 3.07. The van der Waals surface area contributed by atoms with Gasteiger partial charge in [-0.25, -0.2) is 4.98 Å². The van der Waals surface area contributed by atoms with Gasteiger partial charge in [0.2, 0.25) is 12.2 Å². The zero-order valence-corrected chi connectivity index (χ0v) is 10.4. The van der Waals surface area contributed by atoms with Crippen molar-refractivity contribution >= 4 is 12.2 Å². The number of nitrogens with zero attached hydrogens (tertiary/aromatic N) is 2. The van der Waals surface area contributed by atoms with E-state index in [0.717, 1.165) is 43.0 Å². The molecular weight excluding hydrogens is 216 g/mol. The number of anilines is 1. The first-order valence-electron chi connectivity index (χ1n) is 6.17. The largest absolute Gasteiger partial charge is 0.445 e. The van der Waals surface area contributed by atoms with Crippen LogP contribution < -0.4 is 9.64 Å². The summed E-state index contributed by atoms with van der Waals surface area (Å²) in [5.74, 6) is 2.29. The number of carbonyl (C=O) groups excluding carboxylic acids is 1. The molecule has 0 unspecified atom stereocenters. The van der Waals surface area contributed by atoms with Crippen LogP contribution in [0.15, 0.2) is 6.07 Å². The van der Waals surface area contributed by atoms with Gasteiger partial charge in [-0.1, -0.05) is 26.2 Å². The molecule has 1 aromatic heterocycles. The SMILES string of the molecule is CCCCCCN(C=O)c1nc(C)cc2c1O2. The number of fused-ring (bicyclic) bond motifs is 1. The molecule has 1 aliphatic heterocycles. The van der Waals surface area contributed by atoms with Crippen LogP contribution >= 0.6 is 0 Å². The Labute approximate surface area is 102 Å². The molecule has 17 heavy (non-hydrogen) atoms. The summed E-state index contributed by atoms with van der Waals surface area (Å²) in [5, 5.41) is 0. The number of carbonyl (C=O) groups is 1. The minimum Gasteiger partial charge on any atom is -0.445 e. The molecule has 4 nitrogen and oxygen atoms in total. The summed E-state index contributed by atoms with van der Waals surface area (Å²) < 4.78 is 5.30. The monoisotopic (exact) mass is 234 g/mol. The normalized spacial score (nSPS) is 11.6. The lowest BCUT2D eigenvalue weighted by molar-refractivity contribution is -0.107. The van der Waals surface area contributed by atoms with Gasteiger partial charge >= 0.3 is 0 Å². The maximum atomic E-state index is 11.1. The van der Waals surface area contributed by atoms with Gasteiger partial charge in [0.1, 0.15) is 0 Å². The quantitative estimate of drug-likeness (QED) is 0.420. The summed E-state index contributed by atoms with van der Waals surface area (Å²) in [6.07, 6.45) is 5.41. The molecule has 0 N–H and O–H groups in total. The van der Waals surface area contributed by atoms with Crippen LogP contribution in [-0.2, 0) is 4.79 Å². The molecule has 0 spiro atoms. The van der Waals surface area contributed by atoms with E-state index in [2.05, 4.69) is 11.9 Å². The number of pyridine rings is 1. The minimum absolute atomic E-state index is 0.673. The lowest BCUT2D eigenvalue weighted by atomic mass is 10.2. The van der Waals surface area contributed by atoms with Crippen LogP contribution in [0, 0.1) is 6.92 Å². The van der Waals surface area contributed by atoms with Gasteiger partial charge in [-0.2, -0.15) is 0 Å². The van der Waals surface area contributed by atoms with Gasteiger partial charge in [-0.3, -0.25) is 9.69 Å². The standard InChI is InChI=1S/C13H18N2O2/c1-3-4-5-6-7-15(9-16)13-12-11(17-12)8-10(2)14-13/h8-9H,3-7H2,1-2H3. The van der Waals surface area contributed by atoms with Crippen molar-refractivity contribution in [3.8, 4) is 11.5 Å². The van der Waals surface area contributed by atoms with E-state index in [1.54, 1.807) is 4.90 Å². The van der Waals surface area contributed by atoms with Gasteiger partial charge in [0.15, 0.2) is 11.6 Å². The Morgan fingerprint density at radius 1 is 1.41 bits per heavy atom. The number of hydrogen-bond acceptors (Lipinski definition) is 3. The third-order valence-corrected chi connectivity index (χ3v) is 2.87. The molecule has 0 bridgehead atoms. The molecule has 4 heteroatoms. The number of aryl methyl sites for hydroxylation is 1. The van der Waals surface area contributed by atoms with Crippen LogP contribution in [0.25, 0.3) is 0 Å². The fourth-order valence-corrected chi connectivity index (χ4v) is 1.89. The molecule has 92 valence electrons. The van der Waals surface area contributed by atoms with E-state index >= 15 is 0 Å². The second-order valence-corrected chi connectivity index (χ2v) is 4.38. The van der Waals surface area contributed by atoms with Gasteiger partial charge in [0.05, 0.1) is 0 Å². The van der Waals surface area contributed by atoms with Crippen LogP contribution in [0.1, 0.15) is 38.3 Å². The molecule has 0 aliphatic carbocycles. The molecule has 0 aromatic carbocycles. The molecule has 1 amide bonds. The molecule has 0 fully saturated rings. The number of aromatic nitrogens is 1. The summed E-state index contributed by atoms with van der Waals surface area (Å²) in [7, 11) is 0. The van der Waals surface area contributed by atoms with Crippen molar-refractivity contribution in [2.75, 3.05) is 11.4 Å². The highest BCUT2D eigenvalue weighted by Crippen LogP contribution is 2.51. The lowest BCUT2D eigenvalue weighted by Crippen LogP contribution is -2.23. The van der Waals surface area contributed by atoms with E-state index in [0.29, 0.717) is 5.82 Å². The third kappa shape index (κ3) is 2.75. The molecular formula is C13H18N2O2. The molecule has 0 saturated carbocycles. The van der Waals surface area contributed by atoms with Crippen molar-refractivity contribution in [2.45, 2.75) is 39.5 Å². The van der Waals surface area contributed by atoms with Crippen LogP contribution in [-0.4, -0.2) is 17.9 Å². The van der Waals surface area contributed by atoms with Gasteiger partial charge in [-0.15, -0.1) is 0 Å². The maximum Gasteiger partial charge on any atom is 0.215 e. The number of ether oxygens (including phenoxy) is 1. The Balaban J connectivity index is 1.99. The third-order valence-electron chi connectivity index (χ3n) is 2.87. The fraction of sp³-hybridized carbons (Fsp3) is 0.538. The molecule has 0 radical (unpaired) electrons. The predicted molar refractivity (Wildman–Crippen MR) is 66.6 cm³/mol. The maximum absolute atomic E-state index is 11.1. The van der Waals surface area contributed by atoms with Gasteiger partial charge in [-0.05, 0) is 13.3 Å². The molecule has 2 heterocycles. The van der Waals surface area contributed by atoms with E-state index in [1.807, 2.05) is 13.0 Å². The van der Waals surface area contributed by atoms with E-state index in [1.165, 1.54) is 12.8 Å². The second-order valence-electron chi connectivity index (χ2n) is 4.38. The lowest BCUT2D eigenvalue weighted by Gasteiger charge is -2.14. The van der Waals surface area contributed by atoms with E-state index in [4.69, 9.17) is 4.74 Å². The number of hydrogen-bond donors (Lipinski definition) is 0. The zero-order valence-electron chi connectivity index (χ0n) is 10.4. The highest BCUT2D eigenvalue weighted by molar-refractivity contribution is 5.81. The van der Waals surface area contributed by atoms with Crippen molar-refractivity contribution in [1.82, 2.24) is 4.98 Å². The first-order chi connectivity index (χ1) is 8.26. The Morgan fingerprint density at radius 2 is 2.24 bits per heavy atom. The molecule has 1 aliphatic rings. The Morgan fingerprint density at radius 3 is 2.94 bits per heavy atom. The average molecular weight is 234 g/mol. The second kappa shape index (κ2) is 5.17. The Kier molecular flexibility index (Phi) is 3.61. The van der Waals surface area contributed by atoms with E-state index in [-0.39, 0.29) is 0 Å². The summed E-state index contributed by atoms with van der Waals surface area (Å²) in [5.41, 5.74) is 0.886. The van der Waals surface area contributed by atoms with Gasteiger partial charge in [0.25, 0.3) is 0 Å². The van der Waals surface area contributed by atoms with Gasteiger partial charge in [0, 0.05) is 18.3 Å². The molecule has 2 rings (SSSR count). The number of rotatable bonds is 7. The zero-order chi connectivity index (χ0) is 12.3. The van der Waals surface area contributed by atoms with E-state index < -0.39 is 0 Å². The van der Waals surface area contributed by atoms with Crippen molar-refractivity contribution < 1.29 is 9.53 Å². The van der Waals surface area contributed by atoms with Crippen molar-refractivity contribution in [1.29, 1.82) is 0 Å². The number of amides is 1. The number of unbranched alkanes of at least 4 members (excludes halogenated alkanes) is 3. The molecule has 0 saturated heterocycles. The topological polar surface area (TPSA) is 45.7 Å². The van der Waals surface area contributed by atoms with Crippen molar-refractivity contribution in [2.24, 2.45) is 0 Å². The summed E-state index contributed by atoms with van der Waals surface area (Å²) in [6.45, 7) is 4.80. The smallest absolute Gasteiger partial charge is 0.215 e. The van der Waals surface area contributed by atoms with Crippen molar-refractivity contribution in [3.05, 3.63) is 11.8 Å². The van der Waals surface area contributed by atoms with Crippen LogP contribution in [0.2, 0.25) is 0 Å². The van der Waals surface area contributed by atoms with Crippen LogP contribution in [0.5, 0.6) is 11.5 Å². The first kappa shape index (κ1) is 11.9. The predicted octanol–water partition coefficient (Wildman–Crippen LogP) is 3.04. The Hall–Kier alpha value is -1.58. The summed E-state index contributed by atoms with van der Waals surface area (Å²) in [4.78, 5) is 17.1. The molecule has 0 atom stereocenters. The van der Waals surface area contributed by atoms with Crippen molar-refractivity contribution in [3.63, 3.8) is 0 Å². The fourth-order valence-electron chi connectivity index (χ4n) is 1.89. The van der Waals surface area contributed by atoms with E-state index in [9.17, 15) is 4.79 Å². The highest BCUT2D eigenvalue weighted by atomic mass is 16.6. The highest BCUT2D eigenvalue weighted by Gasteiger charge is 2.29. The van der Waals surface area contributed by atoms with Gasteiger partial charge < -0.3 is 4.74 Å². The van der Waals surface area contributed by atoms with Crippen LogP contribution in [0.4, 0.5) is 5.82 Å². The van der Waals surface area contributed by atoms with Crippen LogP contribution in [0.3, 0.4) is 0 Å². The summed E-state index contributed by atoms with van der Waals surface area (Å²) >= 11 is 0. The summed E-state index contributed by atoms with van der Waals surface area (Å²) in [6, 6.07) is 1.89. The Bertz CT molecular complexity index is 417. The first-order valence-corrected chi connectivity index (χ1v) is 6.17.